The second kappa shape index (κ2) is 8.07. The Balaban J connectivity index is 1.61. The second-order valence-electron chi connectivity index (χ2n) is 5.36. The average molecular weight is 376 g/mol. The van der Waals surface area contributed by atoms with Crippen molar-refractivity contribution in [2.45, 2.75) is 19.8 Å². The normalized spacial score (nSPS) is 16.5. The zero-order valence-corrected chi connectivity index (χ0v) is 13.9. The number of nitrogens with two attached hydrogens (primary N) is 1. The minimum atomic E-state index is 0.846. The van der Waals surface area contributed by atoms with Crippen molar-refractivity contribution in [2.75, 3.05) is 39.3 Å². The first kappa shape index (κ1) is 15.1. The summed E-state index contributed by atoms with van der Waals surface area (Å²) in [6.07, 6.45) is 2.44. The van der Waals surface area contributed by atoms with Crippen molar-refractivity contribution in [2.24, 2.45) is 0 Å². The highest BCUT2D eigenvalue weighted by atomic mass is 127. The molecule has 0 radical (unpaired) electrons. The van der Waals surface area contributed by atoms with E-state index in [4.69, 9.17) is 4.74 Å². The smallest absolute Gasteiger partial charge is 0.132 e. The van der Waals surface area contributed by atoms with Gasteiger partial charge in [0.25, 0.3) is 0 Å². The van der Waals surface area contributed by atoms with Crippen LogP contribution in [0.3, 0.4) is 0 Å². The van der Waals surface area contributed by atoms with Gasteiger partial charge in [-0.1, -0.05) is 6.07 Å². The summed E-state index contributed by atoms with van der Waals surface area (Å²) in [5.41, 5.74) is 1.29. The van der Waals surface area contributed by atoms with Gasteiger partial charge in [-0.05, 0) is 60.1 Å². The number of piperazine rings is 1. The van der Waals surface area contributed by atoms with Crippen LogP contribution < -0.4 is 15.0 Å². The fraction of sp³-hybridized carbons (Fsp3) is 0.600. The zero-order chi connectivity index (χ0) is 13.5. The van der Waals surface area contributed by atoms with Gasteiger partial charge in [0.05, 0.1) is 16.7 Å². The summed E-state index contributed by atoms with van der Waals surface area (Å²) in [5, 5.41) is 2.42. The Kier molecular flexibility index (Phi) is 6.40. The molecule has 0 bridgehead atoms. The predicted molar refractivity (Wildman–Crippen MR) is 85.8 cm³/mol. The molecular formula is C15H25IN2O+2. The highest BCUT2D eigenvalue weighted by Crippen LogP contribution is 2.21. The Hall–Kier alpha value is -0.330. The van der Waals surface area contributed by atoms with Gasteiger partial charge in [0.1, 0.15) is 31.9 Å². The molecule has 1 heterocycles. The van der Waals surface area contributed by atoms with Crippen LogP contribution in [0.4, 0.5) is 0 Å². The number of hydrogen-bond donors (Lipinski definition) is 2. The Morgan fingerprint density at radius 3 is 2.79 bits per heavy atom. The molecule has 0 aliphatic carbocycles. The van der Waals surface area contributed by atoms with Gasteiger partial charge in [-0.2, -0.15) is 0 Å². The van der Waals surface area contributed by atoms with Crippen molar-refractivity contribution in [1.29, 1.82) is 0 Å². The van der Waals surface area contributed by atoms with E-state index in [1.807, 2.05) is 0 Å². The molecule has 2 rings (SSSR count). The largest absolute Gasteiger partial charge is 0.492 e. The van der Waals surface area contributed by atoms with Crippen molar-refractivity contribution >= 4 is 22.6 Å². The van der Waals surface area contributed by atoms with Gasteiger partial charge in [0, 0.05) is 0 Å². The molecule has 1 aromatic rings. The molecule has 0 unspecified atom stereocenters. The van der Waals surface area contributed by atoms with Crippen LogP contribution in [0.15, 0.2) is 18.2 Å². The number of halogens is 1. The molecule has 0 atom stereocenters. The van der Waals surface area contributed by atoms with Crippen LogP contribution in [-0.4, -0.2) is 39.3 Å². The lowest BCUT2D eigenvalue weighted by molar-refractivity contribution is -0.946. The lowest BCUT2D eigenvalue weighted by Gasteiger charge is -2.22. The number of rotatable bonds is 6. The third-order valence-corrected chi connectivity index (χ3v) is 4.52. The number of unbranched alkanes of at least 4 members (excludes halogenated alkanes) is 1. The Morgan fingerprint density at radius 2 is 2.05 bits per heavy atom. The SMILES string of the molecule is Cc1ccc(OCCCC[NH+]2CC[NH2+]CC2)c(I)c1. The maximum Gasteiger partial charge on any atom is 0.132 e. The number of nitrogens with one attached hydrogen (secondary N) is 1. The molecule has 4 heteroatoms. The number of quaternary nitrogens is 2. The first-order chi connectivity index (χ1) is 9.25. The van der Waals surface area contributed by atoms with E-state index in [0.717, 1.165) is 18.8 Å². The van der Waals surface area contributed by atoms with Gasteiger partial charge in [0.15, 0.2) is 0 Å². The highest BCUT2D eigenvalue weighted by Gasteiger charge is 2.14. The molecule has 3 nitrogen and oxygen atoms in total. The maximum absolute atomic E-state index is 5.86. The molecule has 1 aromatic carbocycles. The molecule has 0 aromatic heterocycles. The molecule has 0 amide bonds. The van der Waals surface area contributed by atoms with Gasteiger partial charge in [-0.3, -0.25) is 0 Å². The Labute approximate surface area is 129 Å². The Morgan fingerprint density at radius 1 is 1.26 bits per heavy atom. The molecule has 1 saturated heterocycles. The van der Waals surface area contributed by atoms with Gasteiger partial charge >= 0.3 is 0 Å². The third-order valence-electron chi connectivity index (χ3n) is 3.67. The van der Waals surface area contributed by atoms with E-state index in [2.05, 4.69) is 53.0 Å². The summed E-state index contributed by atoms with van der Waals surface area (Å²) in [6.45, 7) is 9.53. The number of aryl methyl sites for hydroxylation is 1. The molecule has 1 aliphatic heterocycles. The van der Waals surface area contributed by atoms with Crippen molar-refractivity contribution in [3.63, 3.8) is 0 Å². The minimum absolute atomic E-state index is 0.846. The molecule has 0 spiro atoms. The van der Waals surface area contributed by atoms with Crippen molar-refractivity contribution < 1.29 is 15.0 Å². The maximum atomic E-state index is 5.86. The van der Waals surface area contributed by atoms with Crippen LogP contribution in [0.5, 0.6) is 5.75 Å². The summed E-state index contributed by atoms with van der Waals surface area (Å²) in [5.74, 6) is 1.03. The van der Waals surface area contributed by atoms with Crippen molar-refractivity contribution in [1.82, 2.24) is 0 Å². The molecule has 0 saturated carbocycles. The van der Waals surface area contributed by atoms with Crippen LogP contribution in [0.25, 0.3) is 0 Å². The lowest BCUT2D eigenvalue weighted by atomic mass is 10.2. The predicted octanol–water partition coefficient (Wildman–Crippen LogP) is 0.221. The summed E-state index contributed by atoms with van der Waals surface area (Å²) in [6, 6.07) is 6.37. The van der Waals surface area contributed by atoms with Crippen LogP contribution in [-0.2, 0) is 0 Å². The molecule has 19 heavy (non-hydrogen) atoms. The van der Waals surface area contributed by atoms with Gasteiger partial charge < -0.3 is 15.0 Å². The topological polar surface area (TPSA) is 30.3 Å². The monoisotopic (exact) mass is 376 g/mol. The molecule has 1 aliphatic rings. The van der Waals surface area contributed by atoms with Gasteiger partial charge in [0.2, 0.25) is 0 Å². The average Bonchev–Trinajstić information content (AvgIpc) is 2.42. The summed E-state index contributed by atoms with van der Waals surface area (Å²) in [7, 11) is 0. The first-order valence-electron chi connectivity index (χ1n) is 7.30. The quantitative estimate of drug-likeness (QED) is 0.540. The summed E-state index contributed by atoms with van der Waals surface area (Å²) >= 11 is 2.35. The van der Waals surface area contributed by atoms with Gasteiger partial charge in [-0.15, -0.1) is 0 Å². The van der Waals surface area contributed by atoms with E-state index < -0.39 is 0 Å². The van der Waals surface area contributed by atoms with E-state index >= 15 is 0 Å². The highest BCUT2D eigenvalue weighted by molar-refractivity contribution is 14.1. The lowest BCUT2D eigenvalue weighted by Crippen LogP contribution is -3.20. The zero-order valence-electron chi connectivity index (χ0n) is 11.8. The number of ether oxygens (including phenoxy) is 1. The number of benzene rings is 1. The van der Waals surface area contributed by atoms with E-state index in [0.29, 0.717) is 0 Å². The molecule has 1 fully saturated rings. The summed E-state index contributed by atoms with van der Waals surface area (Å²) in [4.78, 5) is 1.77. The molecule has 106 valence electrons. The third kappa shape index (κ3) is 5.28. The van der Waals surface area contributed by atoms with Crippen molar-refractivity contribution in [3.8, 4) is 5.75 Å². The van der Waals surface area contributed by atoms with Crippen LogP contribution in [0.1, 0.15) is 18.4 Å². The fourth-order valence-electron chi connectivity index (χ4n) is 2.51. The van der Waals surface area contributed by atoms with Crippen molar-refractivity contribution in [3.05, 3.63) is 27.3 Å². The van der Waals surface area contributed by atoms with Crippen LogP contribution in [0, 0.1) is 10.5 Å². The molecular weight excluding hydrogens is 351 g/mol. The molecule has 3 N–H and O–H groups in total. The van der Waals surface area contributed by atoms with E-state index in [9.17, 15) is 0 Å². The Bertz CT molecular complexity index is 392. The van der Waals surface area contributed by atoms with E-state index in [1.165, 1.54) is 48.3 Å². The van der Waals surface area contributed by atoms with Gasteiger partial charge in [-0.25, -0.2) is 0 Å². The van der Waals surface area contributed by atoms with E-state index in [1.54, 1.807) is 4.90 Å². The first-order valence-corrected chi connectivity index (χ1v) is 8.38. The van der Waals surface area contributed by atoms with E-state index in [-0.39, 0.29) is 0 Å². The second-order valence-corrected chi connectivity index (χ2v) is 6.52. The van der Waals surface area contributed by atoms with Crippen LogP contribution in [0.2, 0.25) is 0 Å². The van der Waals surface area contributed by atoms with Crippen LogP contribution >= 0.6 is 22.6 Å². The minimum Gasteiger partial charge on any atom is -0.492 e. The standard InChI is InChI=1S/C15H23IN2O/c1-13-4-5-15(14(16)12-13)19-11-3-2-8-18-9-6-17-7-10-18/h4-5,12,17H,2-3,6-11H2,1H3/p+2. The number of hydrogen-bond acceptors (Lipinski definition) is 1. The summed E-state index contributed by atoms with van der Waals surface area (Å²) < 4.78 is 7.08. The fourth-order valence-corrected chi connectivity index (χ4v) is 3.34.